The maximum absolute atomic E-state index is 11.2. The van der Waals surface area contributed by atoms with Crippen molar-refractivity contribution in [1.29, 1.82) is 0 Å². The molecule has 0 heterocycles. The maximum Gasteiger partial charge on any atom is 0.156 e. The van der Waals surface area contributed by atoms with Crippen LogP contribution in [0.15, 0.2) is 23.3 Å². The van der Waals surface area contributed by atoms with Crippen molar-refractivity contribution in [2.75, 3.05) is 0 Å². The van der Waals surface area contributed by atoms with Gasteiger partial charge >= 0.3 is 0 Å². The highest BCUT2D eigenvalue weighted by Gasteiger charge is 2.19. The molecule has 0 aliphatic heterocycles. The van der Waals surface area contributed by atoms with Crippen molar-refractivity contribution in [1.82, 2.24) is 0 Å². The summed E-state index contributed by atoms with van der Waals surface area (Å²) < 4.78 is 0. The number of aldehydes is 1. The predicted octanol–water partition coefficient (Wildman–Crippen LogP) is 2.06. The number of rotatable bonds is 2. The summed E-state index contributed by atoms with van der Waals surface area (Å²) in [5, 5.41) is 0. The molecule has 0 saturated carbocycles. The van der Waals surface area contributed by atoms with E-state index in [1.807, 2.05) is 13.8 Å². The van der Waals surface area contributed by atoms with E-state index in [9.17, 15) is 9.59 Å². The van der Waals surface area contributed by atoms with Gasteiger partial charge in [0.05, 0.1) is 0 Å². The highest BCUT2D eigenvalue weighted by atomic mass is 16.1. The van der Waals surface area contributed by atoms with E-state index in [-0.39, 0.29) is 11.7 Å². The van der Waals surface area contributed by atoms with Gasteiger partial charge in [-0.15, -0.1) is 0 Å². The van der Waals surface area contributed by atoms with E-state index in [1.165, 1.54) is 0 Å². The van der Waals surface area contributed by atoms with Gasteiger partial charge in [-0.3, -0.25) is 9.59 Å². The van der Waals surface area contributed by atoms with E-state index >= 15 is 0 Å². The van der Waals surface area contributed by atoms with Gasteiger partial charge < -0.3 is 0 Å². The highest BCUT2D eigenvalue weighted by molar-refractivity contribution is 5.91. The number of hydrogen-bond donors (Lipinski definition) is 0. The standard InChI is InChI=1S/C11H14O2/c1-8-5-10(7-11(13)6-8)9(2)3-4-12/h3-4,6,10H,5,7H2,1-2H3/b9-3+/t10-/m1/s1. The van der Waals surface area contributed by atoms with Crippen LogP contribution in [0, 0.1) is 5.92 Å². The van der Waals surface area contributed by atoms with Crippen molar-refractivity contribution >= 4 is 12.1 Å². The quantitative estimate of drug-likeness (QED) is 0.479. The summed E-state index contributed by atoms with van der Waals surface area (Å²) >= 11 is 0. The Kier molecular flexibility index (Phi) is 3.18. The molecule has 0 unspecified atom stereocenters. The van der Waals surface area contributed by atoms with E-state index in [0.29, 0.717) is 6.42 Å². The van der Waals surface area contributed by atoms with Gasteiger partial charge in [-0.2, -0.15) is 0 Å². The number of ketones is 1. The van der Waals surface area contributed by atoms with Crippen molar-refractivity contribution in [2.45, 2.75) is 26.7 Å². The molecule has 0 aromatic carbocycles. The first-order chi connectivity index (χ1) is 6.13. The first kappa shape index (κ1) is 9.90. The molecule has 70 valence electrons. The number of allylic oxidation sites excluding steroid dienone is 4. The number of hydrogen-bond acceptors (Lipinski definition) is 2. The highest BCUT2D eigenvalue weighted by Crippen LogP contribution is 2.27. The van der Waals surface area contributed by atoms with E-state index in [4.69, 9.17) is 0 Å². The van der Waals surface area contributed by atoms with E-state index in [0.717, 1.165) is 23.9 Å². The lowest BCUT2D eigenvalue weighted by molar-refractivity contribution is -0.115. The molecular weight excluding hydrogens is 164 g/mol. The summed E-state index contributed by atoms with van der Waals surface area (Å²) in [7, 11) is 0. The van der Waals surface area contributed by atoms with Crippen molar-refractivity contribution in [3.8, 4) is 0 Å². The van der Waals surface area contributed by atoms with Crippen LogP contribution in [0.4, 0.5) is 0 Å². The van der Waals surface area contributed by atoms with Crippen LogP contribution in [-0.4, -0.2) is 12.1 Å². The van der Waals surface area contributed by atoms with Crippen LogP contribution in [0.5, 0.6) is 0 Å². The Labute approximate surface area is 78.3 Å². The fourth-order valence-corrected chi connectivity index (χ4v) is 1.66. The molecule has 0 spiro atoms. The minimum absolute atomic E-state index is 0.174. The van der Waals surface area contributed by atoms with Crippen LogP contribution < -0.4 is 0 Å². The molecule has 1 aliphatic rings. The second-order valence-electron chi connectivity index (χ2n) is 3.61. The smallest absolute Gasteiger partial charge is 0.156 e. The molecule has 13 heavy (non-hydrogen) atoms. The van der Waals surface area contributed by atoms with E-state index < -0.39 is 0 Å². The van der Waals surface area contributed by atoms with Crippen LogP contribution in [0.1, 0.15) is 26.7 Å². The normalized spacial score (nSPS) is 24.2. The molecule has 0 aromatic heterocycles. The molecule has 0 radical (unpaired) electrons. The zero-order valence-electron chi connectivity index (χ0n) is 8.04. The molecule has 1 aliphatic carbocycles. The van der Waals surface area contributed by atoms with Crippen molar-refractivity contribution in [2.24, 2.45) is 5.92 Å². The van der Waals surface area contributed by atoms with Crippen molar-refractivity contribution < 1.29 is 9.59 Å². The molecule has 0 aromatic rings. The lowest BCUT2D eigenvalue weighted by Gasteiger charge is -2.20. The summed E-state index contributed by atoms with van der Waals surface area (Å²) in [5.74, 6) is 0.412. The number of carbonyl (C=O) groups excluding carboxylic acids is 2. The molecular formula is C11H14O2. The third-order valence-corrected chi connectivity index (χ3v) is 2.40. The molecule has 1 rings (SSSR count). The Bertz CT molecular complexity index is 284. The lowest BCUT2D eigenvalue weighted by Crippen LogP contribution is -2.14. The summed E-state index contributed by atoms with van der Waals surface area (Å²) in [5.41, 5.74) is 2.12. The largest absolute Gasteiger partial charge is 0.299 e. The maximum atomic E-state index is 11.2. The van der Waals surface area contributed by atoms with Gasteiger partial charge in [0, 0.05) is 6.42 Å². The first-order valence-electron chi connectivity index (χ1n) is 4.45. The van der Waals surface area contributed by atoms with Crippen LogP contribution in [0.25, 0.3) is 0 Å². The minimum Gasteiger partial charge on any atom is -0.299 e. The van der Waals surface area contributed by atoms with Gasteiger partial charge in [-0.25, -0.2) is 0 Å². The third-order valence-electron chi connectivity index (χ3n) is 2.40. The fourth-order valence-electron chi connectivity index (χ4n) is 1.66. The molecule has 0 saturated heterocycles. The van der Waals surface area contributed by atoms with Gasteiger partial charge in [0.2, 0.25) is 0 Å². The summed E-state index contributed by atoms with van der Waals surface area (Å²) in [6.07, 6.45) is 5.49. The summed E-state index contributed by atoms with van der Waals surface area (Å²) in [4.78, 5) is 21.4. The third kappa shape index (κ3) is 2.65. The zero-order valence-corrected chi connectivity index (χ0v) is 8.04. The van der Waals surface area contributed by atoms with E-state index in [2.05, 4.69) is 0 Å². The predicted molar refractivity (Wildman–Crippen MR) is 51.3 cm³/mol. The van der Waals surface area contributed by atoms with Gasteiger partial charge in [0.25, 0.3) is 0 Å². The Morgan fingerprint density at radius 3 is 2.77 bits per heavy atom. The average molecular weight is 178 g/mol. The second kappa shape index (κ2) is 4.17. The molecule has 2 heteroatoms. The molecule has 0 bridgehead atoms. The molecule has 0 fully saturated rings. The van der Waals surface area contributed by atoms with Crippen molar-refractivity contribution in [3.63, 3.8) is 0 Å². The molecule has 0 amide bonds. The van der Waals surface area contributed by atoms with Crippen molar-refractivity contribution in [3.05, 3.63) is 23.3 Å². The minimum atomic E-state index is 0.174. The zero-order chi connectivity index (χ0) is 9.84. The topological polar surface area (TPSA) is 34.1 Å². The lowest BCUT2D eigenvalue weighted by atomic mass is 9.84. The Morgan fingerprint density at radius 1 is 1.54 bits per heavy atom. The second-order valence-corrected chi connectivity index (χ2v) is 3.61. The Balaban J connectivity index is 2.75. The van der Waals surface area contributed by atoms with E-state index in [1.54, 1.807) is 12.2 Å². The fraction of sp³-hybridized carbons (Fsp3) is 0.455. The Morgan fingerprint density at radius 2 is 2.23 bits per heavy atom. The molecule has 0 N–H and O–H groups in total. The van der Waals surface area contributed by atoms with Crippen LogP contribution >= 0.6 is 0 Å². The SMILES string of the molecule is CC1=CC(=O)C[C@H](/C(C)=C/C=O)C1. The van der Waals surface area contributed by atoms with Crippen LogP contribution in [-0.2, 0) is 9.59 Å². The van der Waals surface area contributed by atoms with Crippen LogP contribution in [0.3, 0.4) is 0 Å². The van der Waals surface area contributed by atoms with Gasteiger partial charge in [0.15, 0.2) is 5.78 Å². The number of carbonyl (C=O) groups is 2. The van der Waals surface area contributed by atoms with Gasteiger partial charge in [-0.1, -0.05) is 11.1 Å². The van der Waals surface area contributed by atoms with Gasteiger partial charge in [-0.05, 0) is 38.3 Å². The summed E-state index contributed by atoms with van der Waals surface area (Å²) in [6.45, 7) is 3.86. The average Bonchev–Trinajstić information content (AvgIpc) is 2.03. The monoisotopic (exact) mass is 178 g/mol. The Hall–Kier alpha value is -1.18. The van der Waals surface area contributed by atoms with Crippen LogP contribution in [0.2, 0.25) is 0 Å². The molecule has 1 atom stereocenters. The van der Waals surface area contributed by atoms with Gasteiger partial charge in [0.1, 0.15) is 6.29 Å². The summed E-state index contributed by atoms with van der Waals surface area (Å²) in [6, 6.07) is 0. The first-order valence-corrected chi connectivity index (χ1v) is 4.45. The molecule has 2 nitrogen and oxygen atoms in total.